The van der Waals surface area contributed by atoms with Gasteiger partial charge in [0, 0.05) is 71.8 Å². The van der Waals surface area contributed by atoms with Gasteiger partial charge in [0.25, 0.3) is 0 Å². The predicted octanol–water partition coefficient (Wildman–Crippen LogP) is 18.7. The highest BCUT2D eigenvalue weighted by Crippen LogP contribution is 2.55. The number of hydrogen-bond acceptors (Lipinski definition) is 5. The summed E-state index contributed by atoms with van der Waals surface area (Å²) in [5.74, 6) is 1.62. The summed E-state index contributed by atoms with van der Waals surface area (Å²) < 4.78 is 20.0. The molecule has 0 aliphatic carbocycles. The zero-order valence-corrected chi connectivity index (χ0v) is 37.2. The fraction of sp³-hybridized carbons (Fsp3) is 0. The van der Waals surface area contributed by atoms with Gasteiger partial charge in [-0.25, -0.2) is 0 Å². The zero-order chi connectivity index (χ0) is 45.4. The lowest BCUT2D eigenvalue weighted by molar-refractivity contribution is 0.488. The molecule has 0 unspecified atom stereocenters. The smallest absolute Gasteiger partial charge is 0.159 e. The lowest BCUT2D eigenvalue weighted by atomic mass is 9.92. The van der Waals surface area contributed by atoms with Gasteiger partial charge >= 0.3 is 0 Å². The van der Waals surface area contributed by atoms with E-state index in [1.54, 1.807) is 0 Å². The van der Waals surface area contributed by atoms with Crippen LogP contribution in [0.25, 0.3) is 88.0 Å². The number of rotatable bonds is 8. The number of nitrogens with zero attached hydrogens (tertiary/aromatic N) is 2. The third-order valence-corrected chi connectivity index (χ3v) is 13.7. The molecular weight excluding hydrogens is 845 g/mol. The molecule has 0 bridgehead atoms. The highest BCUT2D eigenvalue weighted by molar-refractivity contribution is 6.13. The Hall–Kier alpha value is -9.32. The van der Waals surface area contributed by atoms with Crippen LogP contribution in [0.3, 0.4) is 0 Å². The van der Waals surface area contributed by atoms with Gasteiger partial charge in [-0.3, -0.25) is 0 Å². The summed E-state index contributed by atoms with van der Waals surface area (Å²) in [4.78, 5) is 4.63. The molecule has 11 aromatic carbocycles. The first-order chi connectivity index (χ1) is 34.2. The number of furan rings is 2. The highest BCUT2D eigenvalue weighted by Gasteiger charge is 2.28. The molecule has 0 N–H and O–H groups in total. The third kappa shape index (κ3) is 6.25. The van der Waals surface area contributed by atoms with Gasteiger partial charge in [0.05, 0.1) is 11.4 Å². The van der Waals surface area contributed by atoms with Crippen LogP contribution in [0.15, 0.2) is 251 Å². The fourth-order valence-electron chi connectivity index (χ4n) is 10.5. The summed E-state index contributed by atoms with van der Waals surface area (Å²) in [6.45, 7) is 0. The number of anilines is 6. The predicted molar refractivity (Wildman–Crippen MR) is 284 cm³/mol. The van der Waals surface area contributed by atoms with Crippen molar-refractivity contribution in [3.63, 3.8) is 0 Å². The van der Waals surface area contributed by atoms with E-state index in [4.69, 9.17) is 13.6 Å². The maximum absolute atomic E-state index is 7.16. The Morgan fingerprint density at radius 3 is 1.28 bits per heavy atom. The number of hydrogen-bond donors (Lipinski definition) is 0. The quantitative estimate of drug-likeness (QED) is 0.152. The van der Waals surface area contributed by atoms with Crippen molar-refractivity contribution in [2.45, 2.75) is 0 Å². The molecule has 0 saturated heterocycles. The second-order valence-corrected chi connectivity index (χ2v) is 17.6. The van der Waals surface area contributed by atoms with Crippen LogP contribution in [0.4, 0.5) is 34.1 Å². The molecule has 5 heteroatoms. The van der Waals surface area contributed by atoms with Gasteiger partial charge in [0.15, 0.2) is 5.75 Å². The maximum Gasteiger partial charge on any atom is 0.159 e. The Kier molecular flexibility index (Phi) is 8.83. The average Bonchev–Trinajstić information content (AvgIpc) is 4.00. The Balaban J connectivity index is 0.865. The van der Waals surface area contributed by atoms with E-state index in [1.165, 1.54) is 0 Å². The van der Waals surface area contributed by atoms with Crippen molar-refractivity contribution in [3.05, 3.63) is 243 Å². The van der Waals surface area contributed by atoms with Crippen molar-refractivity contribution < 1.29 is 13.6 Å². The minimum Gasteiger partial charge on any atom is -0.455 e. The van der Waals surface area contributed by atoms with Crippen molar-refractivity contribution in [1.82, 2.24) is 0 Å². The standard InChI is InChI=1S/C64H40N2O3/c1-3-15-43(16-4-1)65(45-35-31-41(32-36-45)47-21-11-24-52-49-19-7-9-29-58(49)67-62(47)52)56-39-40-60-61-51(23-13-27-55(56)61)54-26-14-28-57(64(54)69-60)66(44-17-5-2-6-18-44)46-37-33-42(34-38-46)48-22-12-25-53-50-20-8-10-30-59(50)68-63(48)53/h1-40H. The van der Waals surface area contributed by atoms with E-state index < -0.39 is 0 Å². The Bertz CT molecular complexity index is 4100. The molecule has 0 fully saturated rings. The molecule has 0 radical (unpaired) electrons. The molecule has 1 aliphatic heterocycles. The first-order valence-electron chi connectivity index (χ1n) is 23.3. The van der Waals surface area contributed by atoms with E-state index in [9.17, 15) is 0 Å². The Morgan fingerprint density at radius 1 is 0.275 bits per heavy atom. The summed E-state index contributed by atoms with van der Waals surface area (Å²) >= 11 is 0. The van der Waals surface area contributed by atoms with Crippen molar-refractivity contribution in [2.24, 2.45) is 0 Å². The molecule has 5 nitrogen and oxygen atoms in total. The molecule has 324 valence electrons. The van der Waals surface area contributed by atoms with Gasteiger partial charge in [-0.2, -0.15) is 0 Å². The molecule has 0 saturated carbocycles. The number of para-hydroxylation sites is 7. The van der Waals surface area contributed by atoms with Crippen LogP contribution in [0.5, 0.6) is 11.5 Å². The Labute approximate surface area is 397 Å². The molecule has 0 amide bonds. The second-order valence-electron chi connectivity index (χ2n) is 17.6. The Morgan fingerprint density at radius 2 is 0.710 bits per heavy atom. The molecule has 14 rings (SSSR count). The lowest BCUT2D eigenvalue weighted by Gasteiger charge is -2.32. The van der Waals surface area contributed by atoms with Crippen LogP contribution in [-0.4, -0.2) is 0 Å². The van der Waals surface area contributed by atoms with E-state index in [1.807, 2.05) is 24.3 Å². The lowest BCUT2D eigenvalue weighted by Crippen LogP contribution is -2.13. The summed E-state index contributed by atoms with van der Waals surface area (Å²) in [7, 11) is 0. The van der Waals surface area contributed by atoms with Crippen LogP contribution >= 0.6 is 0 Å². The van der Waals surface area contributed by atoms with Gasteiger partial charge in [-0.1, -0.05) is 164 Å². The SMILES string of the molecule is c1ccc(N(c2ccc(-c3cccc4c3oc3ccccc34)cc2)c2cccc3c2Oc2ccc(N(c4ccccc4)c4ccc(-c5cccc6c5oc5ccccc56)cc4)c4cccc-3c24)cc1. The van der Waals surface area contributed by atoms with Crippen LogP contribution in [0.2, 0.25) is 0 Å². The van der Waals surface area contributed by atoms with Crippen molar-refractivity contribution in [1.29, 1.82) is 0 Å². The molecule has 2 aromatic heterocycles. The van der Waals surface area contributed by atoms with Crippen molar-refractivity contribution in [3.8, 4) is 44.9 Å². The average molecular weight is 885 g/mol. The minimum atomic E-state index is 0.806. The highest BCUT2D eigenvalue weighted by atomic mass is 16.5. The number of benzene rings is 11. The fourth-order valence-corrected chi connectivity index (χ4v) is 10.5. The normalized spacial score (nSPS) is 11.9. The number of fused-ring (bicyclic) bond motifs is 8. The monoisotopic (exact) mass is 884 g/mol. The van der Waals surface area contributed by atoms with E-state index in [2.05, 4.69) is 228 Å². The molecule has 3 heterocycles. The van der Waals surface area contributed by atoms with Gasteiger partial charge in [0.1, 0.15) is 28.1 Å². The number of ether oxygens (including phenoxy) is 1. The molecule has 1 aliphatic rings. The van der Waals surface area contributed by atoms with Gasteiger partial charge < -0.3 is 23.4 Å². The molecule has 0 spiro atoms. The molecule has 0 atom stereocenters. The first-order valence-corrected chi connectivity index (χ1v) is 23.3. The first kappa shape index (κ1) is 38.9. The van der Waals surface area contributed by atoms with Gasteiger partial charge in [0.2, 0.25) is 0 Å². The van der Waals surface area contributed by atoms with Crippen molar-refractivity contribution >= 4 is 88.8 Å². The summed E-state index contributed by atoms with van der Waals surface area (Å²) in [5.41, 5.74) is 16.2. The summed E-state index contributed by atoms with van der Waals surface area (Å²) in [6, 6.07) is 85.4. The van der Waals surface area contributed by atoms with Gasteiger partial charge in [-0.15, -0.1) is 0 Å². The second kappa shape index (κ2) is 15.7. The summed E-state index contributed by atoms with van der Waals surface area (Å²) in [5, 5.41) is 6.65. The summed E-state index contributed by atoms with van der Waals surface area (Å²) in [6.07, 6.45) is 0. The van der Waals surface area contributed by atoms with Crippen LogP contribution in [-0.2, 0) is 0 Å². The zero-order valence-electron chi connectivity index (χ0n) is 37.2. The van der Waals surface area contributed by atoms with Crippen LogP contribution in [0, 0.1) is 0 Å². The largest absolute Gasteiger partial charge is 0.455 e. The third-order valence-electron chi connectivity index (χ3n) is 13.7. The molecular formula is C64H40N2O3. The molecule has 13 aromatic rings. The van der Waals surface area contributed by atoms with E-state index in [-0.39, 0.29) is 0 Å². The van der Waals surface area contributed by atoms with Gasteiger partial charge in [-0.05, 0) is 95.6 Å². The maximum atomic E-state index is 7.16. The van der Waals surface area contributed by atoms with E-state index in [0.717, 1.165) is 134 Å². The minimum absolute atomic E-state index is 0.806. The van der Waals surface area contributed by atoms with Crippen LogP contribution < -0.4 is 14.5 Å². The van der Waals surface area contributed by atoms with Crippen LogP contribution in [0.1, 0.15) is 0 Å². The van der Waals surface area contributed by atoms with E-state index >= 15 is 0 Å². The molecule has 69 heavy (non-hydrogen) atoms. The van der Waals surface area contributed by atoms with E-state index in [0.29, 0.717) is 0 Å². The van der Waals surface area contributed by atoms with Crippen molar-refractivity contribution in [2.75, 3.05) is 9.80 Å². The topological polar surface area (TPSA) is 42.0 Å².